The van der Waals surface area contributed by atoms with Gasteiger partial charge >= 0.3 is 11.9 Å². The molecule has 0 unspecified atom stereocenters. The van der Waals surface area contributed by atoms with E-state index in [-0.39, 0.29) is 22.6 Å². The standard InChI is InChI=1S/C13H14O3.C7H6O3/c1-2-3-4-5-6-10-9-11(14)7-8-12(10)13(15)16;8-6-3-1-5(2-4-6)7(9)10/h2-5,7-9,14H,6H2,1H3,(H,15,16);1-4,8H,(H,9,10). The molecule has 6 nitrogen and oxygen atoms in total. The molecule has 0 bridgehead atoms. The lowest BCUT2D eigenvalue weighted by Gasteiger charge is -2.03. The van der Waals surface area contributed by atoms with Crippen LogP contribution in [0.4, 0.5) is 0 Å². The summed E-state index contributed by atoms with van der Waals surface area (Å²) in [6.45, 7) is 1.90. The van der Waals surface area contributed by atoms with Crippen LogP contribution in [0.5, 0.6) is 11.5 Å². The number of phenolic OH excluding ortho intramolecular Hbond substituents is 2. The Bertz CT molecular complexity index is 804. The summed E-state index contributed by atoms with van der Waals surface area (Å²) in [4.78, 5) is 21.1. The molecule has 0 radical (unpaired) electrons. The lowest BCUT2D eigenvalue weighted by molar-refractivity contribution is 0.0685. The molecule has 26 heavy (non-hydrogen) atoms. The molecule has 0 fully saturated rings. The van der Waals surface area contributed by atoms with Crippen molar-refractivity contribution in [3.8, 4) is 11.5 Å². The van der Waals surface area contributed by atoms with Gasteiger partial charge in [0.05, 0.1) is 11.1 Å². The molecule has 2 rings (SSSR count). The molecule has 136 valence electrons. The van der Waals surface area contributed by atoms with E-state index in [1.165, 1.54) is 42.5 Å². The van der Waals surface area contributed by atoms with Crippen molar-refractivity contribution < 1.29 is 30.0 Å². The van der Waals surface area contributed by atoms with Crippen molar-refractivity contribution in [2.45, 2.75) is 13.3 Å². The maximum atomic E-state index is 10.9. The zero-order chi connectivity index (χ0) is 19.5. The molecule has 0 aliphatic carbocycles. The van der Waals surface area contributed by atoms with Gasteiger partial charge in [0.2, 0.25) is 0 Å². The highest BCUT2D eigenvalue weighted by Crippen LogP contribution is 2.17. The number of phenols is 2. The van der Waals surface area contributed by atoms with E-state index < -0.39 is 11.9 Å². The molecular formula is C20H20O6. The highest BCUT2D eigenvalue weighted by atomic mass is 16.4. The van der Waals surface area contributed by atoms with E-state index >= 15 is 0 Å². The molecule has 2 aromatic rings. The number of rotatable bonds is 5. The lowest BCUT2D eigenvalue weighted by Crippen LogP contribution is -2.01. The molecular weight excluding hydrogens is 336 g/mol. The molecule has 0 saturated heterocycles. The van der Waals surface area contributed by atoms with Gasteiger partial charge in [-0.05, 0) is 61.4 Å². The fourth-order valence-corrected chi connectivity index (χ4v) is 1.95. The molecule has 0 spiro atoms. The first-order valence-electron chi connectivity index (χ1n) is 7.70. The third-order valence-electron chi connectivity index (χ3n) is 3.21. The number of allylic oxidation sites excluding steroid dienone is 4. The quantitative estimate of drug-likeness (QED) is 0.605. The van der Waals surface area contributed by atoms with Crippen LogP contribution in [0.25, 0.3) is 0 Å². The van der Waals surface area contributed by atoms with Crippen LogP contribution in [-0.2, 0) is 6.42 Å². The number of carboxylic acids is 2. The van der Waals surface area contributed by atoms with E-state index in [2.05, 4.69) is 0 Å². The van der Waals surface area contributed by atoms with Crippen LogP contribution < -0.4 is 0 Å². The summed E-state index contributed by atoms with van der Waals surface area (Å²) in [5.74, 6) is -1.81. The molecule has 0 heterocycles. The zero-order valence-corrected chi connectivity index (χ0v) is 14.2. The lowest BCUT2D eigenvalue weighted by atomic mass is 10.0. The van der Waals surface area contributed by atoms with Crippen LogP contribution in [0.3, 0.4) is 0 Å². The van der Waals surface area contributed by atoms with Crippen molar-refractivity contribution in [2.75, 3.05) is 0 Å². The second kappa shape index (κ2) is 10.4. The molecule has 4 N–H and O–H groups in total. The van der Waals surface area contributed by atoms with Gasteiger partial charge in [0.1, 0.15) is 11.5 Å². The Morgan fingerprint density at radius 1 is 0.885 bits per heavy atom. The number of hydrogen-bond acceptors (Lipinski definition) is 4. The molecule has 6 heteroatoms. The zero-order valence-electron chi connectivity index (χ0n) is 14.2. The molecule has 0 aromatic heterocycles. The number of carbonyl (C=O) groups is 2. The molecule has 0 saturated carbocycles. The fraction of sp³-hybridized carbons (Fsp3) is 0.100. The minimum Gasteiger partial charge on any atom is -0.508 e. The van der Waals surface area contributed by atoms with Crippen molar-refractivity contribution >= 4 is 11.9 Å². The predicted octanol–water partition coefficient (Wildman–Crippen LogP) is 3.86. The summed E-state index contributed by atoms with van der Waals surface area (Å²) in [6, 6.07) is 9.63. The first-order chi connectivity index (χ1) is 12.3. The van der Waals surface area contributed by atoms with E-state index in [9.17, 15) is 14.7 Å². The average Bonchev–Trinajstić information content (AvgIpc) is 2.59. The summed E-state index contributed by atoms with van der Waals surface area (Å²) < 4.78 is 0. The van der Waals surface area contributed by atoms with Gasteiger partial charge in [-0.2, -0.15) is 0 Å². The minimum absolute atomic E-state index is 0.0741. The van der Waals surface area contributed by atoms with Crippen LogP contribution in [0.1, 0.15) is 33.2 Å². The number of hydrogen-bond donors (Lipinski definition) is 4. The van der Waals surface area contributed by atoms with Gasteiger partial charge in [0.15, 0.2) is 0 Å². The summed E-state index contributed by atoms with van der Waals surface area (Å²) >= 11 is 0. The first-order valence-corrected chi connectivity index (χ1v) is 7.70. The normalized spacial score (nSPS) is 10.5. The molecule has 0 atom stereocenters. The van der Waals surface area contributed by atoms with Crippen molar-refractivity contribution in [3.63, 3.8) is 0 Å². The Morgan fingerprint density at radius 3 is 2.04 bits per heavy atom. The average molecular weight is 356 g/mol. The van der Waals surface area contributed by atoms with Gasteiger partial charge in [-0.1, -0.05) is 24.3 Å². The molecule has 0 aliphatic rings. The monoisotopic (exact) mass is 356 g/mol. The van der Waals surface area contributed by atoms with E-state index in [1.807, 2.05) is 31.2 Å². The van der Waals surface area contributed by atoms with Crippen molar-refractivity contribution in [1.29, 1.82) is 0 Å². The second-order valence-corrected chi connectivity index (χ2v) is 5.16. The van der Waals surface area contributed by atoms with Crippen LogP contribution in [0.15, 0.2) is 66.8 Å². The van der Waals surface area contributed by atoms with Crippen LogP contribution in [-0.4, -0.2) is 32.4 Å². The van der Waals surface area contributed by atoms with Gasteiger partial charge in [0.25, 0.3) is 0 Å². The van der Waals surface area contributed by atoms with Crippen molar-refractivity contribution in [3.05, 3.63) is 83.5 Å². The maximum absolute atomic E-state index is 10.9. The largest absolute Gasteiger partial charge is 0.508 e. The Hall–Kier alpha value is -3.54. The summed E-state index contributed by atoms with van der Waals surface area (Å²) in [5, 5.41) is 35.4. The SMILES string of the molecule is CC=CC=CCc1cc(O)ccc1C(=O)O.O=C(O)c1ccc(O)cc1. The second-order valence-electron chi connectivity index (χ2n) is 5.16. The minimum atomic E-state index is -0.986. The maximum Gasteiger partial charge on any atom is 0.335 e. The molecule has 0 aliphatic heterocycles. The Labute approximate surface area is 151 Å². The van der Waals surface area contributed by atoms with Gasteiger partial charge in [-0.15, -0.1) is 0 Å². The topological polar surface area (TPSA) is 115 Å². The van der Waals surface area contributed by atoms with Crippen LogP contribution in [0.2, 0.25) is 0 Å². The first kappa shape index (κ1) is 20.5. The summed E-state index contributed by atoms with van der Waals surface area (Å²) in [7, 11) is 0. The van der Waals surface area contributed by atoms with E-state index in [4.69, 9.17) is 15.3 Å². The number of carboxylic acid groups (broad SMARTS) is 2. The fourth-order valence-electron chi connectivity index (χ4n) is 1.95. The predicted molar refractivity (Wildman–Crippen MR) is 97.8 cm³/mol. The Kier molecular flexibility index (Phi) is 8.16. The third-order valence-corrected chi connectivity index (χ3v) is 3.21. The van der Waals surface area contributed by atoms with Gasteiger partial charge in [-0.3, -0.25) is 0 Å². The molecule has 2 aromatic carbocycles. The van der Waals surface area contributed by atoms with E-state index in [1.54, 1.807) is 0 Å². The van der Waals surface area contributed by atoms with Gasteiger partial charge in [-0.25, -0.2) is 9.59 Å². The van der Waals surface area contributed by atoms with Gasteiger partial charge in [0, 0.05) is 0 Å². The Morgan fingerprint density at radius 2 is 1.50 bits per heavy atom. The third kappa shape index (κ3) is 6.92. The highest BCUT2D eigenvalue weighted by Gasteiger charge is 2.08. The van der Waals surface area contributed by atoms with Crippen LogP contribution >= 0.6 is 0 Å². The van der Waals surface area contributed by atoms with Crippen molar-refractivity contribution in [2.24, 2.45) is 0 Å². The van der Waals surface area contributed by atoms with Crippen molar-refractivity contribution in [1.82, 2.24) is 0 Å². The summed E-state index contributed by atoms with van der Waals surface area (Å²) in [6.07, 6.45) is 7.93. The van der Waals surface area contributed by atoms with E-state index in [0.717, 1.165) is 0 Å². The van der Waals surface area contributed by atoms with E-state index in [0.29, 0.717) is 12.0 Å². The number of aromatic carboxylic acids is 2. The highest BCUT2D eigenvalue weighted by molar-refractivity contribution is 5.89. The number of aromatic hydroxyl groups is 2. The Balaban J connectivity index is 0.000000289. The van der Waals surface area contributed by atoms with Gasteiger partial charge < -0.3 is 20.4 Å². The number of benzene rings is 2. The summed E-state index contributed by atoms with van der Waals surface area (Å²) in [5.41, 5.74) is 1.01. The smallest absolute Gasteiger partial charge is 0.335 e. The molecule has 0 amide bonds. The van der Waals surface area contributed by atoms with Crippen LogP contribution in [0, 0.1) is 0 Å².